The number of aliphatic hydroxyl groups is 1. The molecule has 1 aromatic heterocycles. The number of aromatic nitrogens is 3. The lowest BCUT2D eigenvalue weighted by Gasteiger charge is -2.20. The molecule has 0 unspecified atom stereocenters. The summed E-state index contributed by atoms with van der Waals surface area (Å²) >= 11 is 6.01. The maximum absolute atomic E-state index is 8.77. The minimum absolute atomic E-state index is 0.249. The number of rotatable bonds is 7. The van der Waals surface area contributed by atoms with E-state index in [1.165, 1.54) is 12.8 Å². The van der Waals surface area contributed by atoms with Gasteiger partial charge in [-0.05, 0) is 43.7 Å². The number of anilines is 2. The summed E-state index contributed by atoms with van der Waals surface area (Å²) in [6, 6.07) is 0. The van der Waals surface area contributed by atoms with Crippen molar-refractivity contribution >= 4 is 23.5 Å². The predicted octanol–water partition coefficient (Wildman–Crippen LogP) is 1.72. The van der Waals surface area contributed by atoms with Gasteiger partial charge in [0.2, 0.25) is 17.2 Å². The topological polar surface area (TPSA) is 65.4 Å². The number of hydrogen-bond donors (Lipinski definition) is 1. The molecule has 1 fully saturated rings. The molecule has 2 rings (SSSR count). The van der Waals surface area contributed by atoms with Crippen molar-refractivity contribution in [3.8, 4) is 0 Å². The van der Waals surface area contributed by atoms with E-state index in [4.69, 9.17) is 16.7 Å². The molecule has 1 N–H and O–H groups in total. The van der Waals surface area contributed by atoms with Crippen LogP contribution in [0.15, 0.2) is 0 Å². The van der Waals surface area contributed by atoms with Gasteiger partial charge in [0.05, 0.1) is 0 Å². The van der Waals surface area contributed by atoms with Gasteiger partial charge in [-0.1, -0.05) is 0 Å². The molecular weight excluding hydrogens is 278 g/mol. The first-order chi connectivity index (χ1) is 9.70. The van der Waals surface area contributed by atoms with E-state index in [1.807, 2.05) is 11.9 Å². The third kappa shape index (κ3) is 4.18. The molecule has 1 aromatic rings. The quantitative estimate of drug-likeness (QED) is 0.774. The Bertz CT molecular complexity index is 425. The monoisotopic (exact) mass is 299 g/mol. The zero-order chi connectivity index (χ0) is 14.4. The van der Waals surface area contributed by atoms with Crippen LogP contribution in [0.25, 0.3) is 0 Å². The molecule has 0 saturated carbocycles. The van der Waals surface area contributed by atoms with E-state index in [2.05, 4.69) is 19.9 Å². The van der Waals surface area contributed by atoms with E-state index < -0.39 is 0 Å². The van der Waals surface area contributed by atoms with Gasteiger partial charge in [0, 0.05) is 33.3 Å². The normalized spacial score (nSPS) is 14.8. The number of hydrogen-bond acceptors (Lipinski definition) is 6. The summed E-state index contributed by atoms with van der Waals surface area (Å²) in [6.07, 6.45) is 5.19. The summed E-state index contributed by atoms with van der Waals surface area (Å²) in [7, 11) is 1.96. The Labute approximate surface area is 124 Å². The van der Waals surface area contributed by atoms with Crippen LogP contribution in [0, 0.1) is 0 Å². The fourth-order valence-corrected chi connectivity index (χ4v) is 2.45. The van der Waals surface area contributed by atoms with Crippen LogP contribution in [-0.4, -0.2) is 53.3 Å². The summed E-state index contributed by atoms with van der Waals surface area (Å²) in [6.45, 7) is 3.07. The predicted molar refractivity (Wildman–Crippen MR) is 80.5 cm³/mol. The maximum Gasteiger partial charge on any atom is 0.231 e. The highest BCUT2D eigenvalue weighted by Gasteiger charge is 2.18. The van der Waals surface area contributed by atoms with Gasteiger partial charge < -0.3 is 14.9 Å². The zero-order valence-corrected chi connectivity index (χ0v) is 12.7. The Morgan fingerprint density at radius 2 is 1.90 bits per heavy atom. The molecule has 112 valence electrons. The van der Waals surface area contributed by atoms with Crippen LogP contribution < -0.4 is 9.80 Å². The third-order valence-electron chi connectivity index (χ3n) is 3.47. The van der Waals surface area contributed by atoms with E-state index in [0.717, 1.165) is 38.9 Å². The van der Waals surface area contributed by atoms with Crippen LogP contribution in [0.1, 0.15) is 32.1 Å². The fourth-order valence-electron chi connectivity index (χ4n) is 2.30. The Morgan fingerprint density at radius 1 is 1.15 bits per heavy atom. The van der Waals surface area contributed by atoms with Gasteiger partial charge in [-0.15, -0.1) is 0 Å². The van der Waals surface area contributed by atoms with Gasteiger partial charge in [0.15, 0.2) is 0 Å². The average Bonchev–Trinajstić information content (AvgIpc) is 2.97. The van der Waals surface area contributed by atoms with Crippen molar-refractivity contribution in [2.45, 2.75) is 32.1 Å². The van der Waals surface area contributed by atoms with Gasteiger partial charge in [-0.25, -0.2) is 0 Å². The van der Waals surface area contributed by atoms with Crippen LogP contribution in [0.2, 0.25) is 5.28 Å². The first-order valence-corrected chi connectivity index (χ1v) is 7.57. The first-order valence-electron chi connectivity index (χ1n) is 7.19. The molecule has 0 amide bonds. The molecule has 2 heterocycles. The molecule has 0 aliphatic carbocycles. The molecule has 1 saturated heterocycles. The van der Waals surface area contributed by atoms with E-state index >= 15 is 0 Å². The minimum Gasteiger partial charge on any atom is -0.396 e. The second-order valence-corrected chi connectivity index (χ2v) is 5.44. The van der Waals surface area contributed by atoms with E-state index in [1.54, 1.807) is 0 Å². The van der Waals surface area contributed by atoms with Crippen molar-refractivity contribution in [3.05, 3.63) is 5.28 Å². The minimum atomic E-state index is 0.249. The molecule has 0 spiro atoms. The van der Waals surface area contributed by atoms with Crippen molar-refractivity contribution in [1.29, 1.82) is 0 Å². The largest absolute Gasteiger partial charge is 0.396 e. The lowest BCUT2D eigenvalue weighted by Crippen LogP contribution is -2.25. The molecule has 1 aliphatic heterocycles. The highest BCUT2D eigenvalue weighted by atomic mass is 35.5. The van der Waals surface area contributed by atoms with Crippen LogP contribution >= 0.6 is 11.6 Å². The number of unbranched alkanes of at least 4 members (excludes halogenated alkanes) is 2. The van der Waals surface area contributed by atoms with Gasteiger partial charge in [-0.3, -0.25) is 0 Å². The summed E-state index contributed by atoms with van der Waals surface area (Å²) in [4.78, 5) is 17.1. The molecule has 1 aliphatic rings. The standard InChI is InChI=1S/C13H22ClN5O/c1-18(7-3-2-6-10-20)12-15-11(14)16-13(17-12)19-8-4-5-9-19/h20H,2-10H2,1H3. The van der Waals surface area contributed by atoms with Gasteiger partial charge in [-0.2, -0.15) is 15.0 Å². The van der Waals surface area contributed by atoms with Crippen LogP contribution in [-0.2, 0) is 0 Å². The van der Waals surface area contributed by atoms with Crippen molar-refractivity contribution in [2.24, 2.45) is 0 Å². The van der Waals surface area contributed by atoms with Gasteiger partial charge >= 0.3 is 0 Å². The second kappa shape index (κ2) is 7.59. The fraction of sp³-hybridized carbons (Fsp3) is 0.769. The lowest BCUT2D eigenvalue weighted by atomic mass is 10.2. The lowest BCUT2D eigenvalue weighted by molar-refractivity contribution is 0.283. The van der Waals surface area contributed by atoms with Crippen LogP contribution in [0.3, 0.4) is 0 Å². The molecule has 0 aromatic carbocycles. The van der Waals surface area contributed by atoms with Crippen LogP contribution in [0.4, 0.5) is 11.9 Å². The summed E-state index contributed by atoms with van der Waals surface area (Å²) < 4.78 is 0. The van der Waals surface area contributed by atoms with Crippen molar-refractivity contribution in [3.63, 3.8) is 0 Å². The third-order valence-corrected chi connectivity index (χ3v) is 3.64. The van der Waals surface area contributed by atoms with E-state index in [9.17, 15) is 0 Å². The zero-order valence-electron chi connectivity index (χ0n) is 11.9. The van der Waals surface area contributed by atoms with Gasteiger partial charge in [0.25, 0.3) is 0 Å². The smallest absolute Gasteiger partial charge is 0.231 e. The Kier molecular flexibility index (Phi) is 5.79. The summed E-state index contributed by atoms with van der Waals surface area (Å²) in [5, 5.41) is 9.02. The van der Waals surface area contributed by atoms with Crippen molar-refractivity contribution in [1.82, 2.24) is 15.0 Å². The highest BCUT2D eigenvalue weighted by molar-refractivity contribution is 6.28. The number of nitrogens with zero attached hydrogens (tertiary/aromatic N) is 5. The molecule has 0 radical (unpaired) electrons. The summed E-state index contributed by atoms with van der Waals surface area (Å²) in [5.41, 5.74) is 0. The Hall–Kier alpha value is -1.14. The first kappa shape index (κ1) is 15.3. The van der Waals surface area contributed by atoms with Crippen LogP contribution in [0.5, 0.6) is 0 Å². The Balaban J connectivity index is 1.99. The molecule has 0 bridgehead atoms. The molecule has 0 atom stereocenters. The maximum atomic E-state index is 8.77. The van der Waals surface area contributed by atoms with E-state index in [0.29, 0.717) is 11.9 Å². The SMILES string of the molecule is CN(CCCCCO)c1nc(Cl)nc(N2CCCC2)n1. The van der Waals surface area contributed by atoms with Crippen molar-refractivity contribution in [2.75, 3.05) is 43.1 Å². The molecular formula is C13H22ClN5O. The van der Waals surface area contributed by atoms with Gasteiger partial charge in [0.1, 0.15) is 0 Å². The highest BCUT2D eigenvalue weighted by Crippen LogP contribution is 2.20. The van der Waals surface area contributed by atoms with E-state index in [-0.39, 0.29) is 11.9 Å². The average molecular weight is 300 g/mol. The molecule has 20 heavy (non-hydrogen) atoms. The second-order valence-electron chi connectivity index (χ2n) is 5.10. The molecule has 6 nitrogen and oxygen atoms in total. The summed E-state index contributed by atoms with van der Waals surface area (Å²) in [5.74, 6) is 1.30. The van der Waals surface area contributed by atoms with Crippen molar-refractivity contribution < 1.29 is 5.11 Å². The number of halogens is 1. The number of aliphatic hydroxyl groups excluding tert-OH is 1. The molecule has 7 heteroatoms. The Morgan fingerprint density at radius 3 is 2.60 bits per heavy atom.